The van der Waals surface area contributed by atoms with Crippen molar-refractivity contribution in [1.29, 1.82) is 0 Å². The number of nitrogens with zero attached hydrogens (tertiary/aromatic N) is 2. The Kier molecular flexibility index (Phi) is 5.91. The third-order valence-corrected chi connectivity index (χ3v) is 5.09. The lowest BCUT2D eigenvalue weighted by molar-refractivity contribution is -0.120. The Morgan fingerprint density at radius 3 is 2.71 bits per heavy atom. The summed E-state index contributed by atoms with van der Waals surface area (Å²) in [5.74, 6) is -0.779. The molecular formula is C24H19ClN4O2. The molecule has 0 unspecified atom stereocenters. The lowest BCUT2D eigenvalue weighted by atomic mass is 10.0. The summed E-state index contributed by atoms with van der Waals surface area (Å²) in [5.41, 5.74) is 5.37. The number of hydrazone groups is 1. The summed E-state index contributed by atoms with van der Waals surface area (Å²) in [6.07, 6.45) is 1.43. The maximum Gasteiger partial charge on any atom is 0.259 e. The summed E-state index contributed by atoms with van der Waals surface area (Å²) < 4.78 is 0. The molecular weight excluding hydrogens is 412 g/mol. The van der Waals surface area contributed by atoms with E-state index in [9.17, 15) is 9.59 Å². The van der Waals surface area contributed by atoms with E-state index in [1.807, 2.05) is 67.6 Å². The van der Waals surface area contributed by atoms with Crippen molar-refractivity contribution in [3.8, 4) is 0 Å². The maximum absolute atomic E-state index is 12.5. The normalized spacial score (nSPS) is 11.2. The molecule has 2 N–H and O–H groups in total. The molecule has 2 amide bonds. The first-order valence-corrected chi connectivity index (χ1v) is 10.0. The number of carbonyl (C=O) groups excluding carboxylic acids is 2. The van der Waals surface area contributed by atoms with E-state index < -0.39 is 5.91 Å². The molecule has 4 rings (SSSR count). The van der Waals surface area contributed by atoms with Crippen molar-refractivity contribution in [3.05, 3.63) is 88.6 Å². The second kappa shape index (κ2) is 8.93. The predicted molar refractivity (Wildman–Crippen MR) is 124 cm³/mol. The average Bonchev–Trinajstić information content (AvgIpc) is 2.77. The van der Waals surface area contributed by atoms with Crippen LogP contribution in [-0.4, -0.2) is 29.6 Å². The highest BCUT2D eigenvalue weighted by molar-refractivity contribution is 6.32. The number of fused-ring (bicyclic) bond motifs is 2. The second-order valence-corrected chi connectivity index (χ2v) is 7.43. The molecule has 0 aliphatic carbocycles. The van der Waals surface area contributed by atoms with Crippen molar-refractivity contribution in [2.24, 2.45) is 5.10 Å². The van der Waals surface area contributed by atoms with Gasteiger partial charge in [-0.3, -0.25) is 9.59 Å². The number of amides is 2. The van der Waals surface area contributed by atoms with Gasteiger partial charge in [0.25, 0.3) is 11.8 Å². The van der Waals surface area contributed by atoms with Crippen LogP contribution < -0.4 is 10.7 Å². The van der Waals surface area contributed by atoms with Crippen LogP contribution in [0.1, 0.15) is 21.5 Å². The molecule has 6 nitrogen and oxygen atoms in total. The smallest absolute Gasteiger partial charge is 0.259 e. The number of carbonyl (C=O) groups is 2. The van der Waals surface area contributed by atoms with Gasteiger partial charge in [-0.05, 0) is 41.5 Å². The molecule has 3 aromatic carbocycles. The van der Waals surface area contributed by atoms with Crippen LogP contribution in [0.5, 0.6) is 0 Å². The van der Waals surface area contributed by atoms with Gasteiger partial charge in [0.1, 0.15) is 5.15 Å². The molecule has 0 spiro atoms. The van der Waals surface area contributed by atoms with Crippen LogP contribution in [0.4, 0.5) is 0 Å². The molecule has 4 aromatic rings. The minimum atomic E-state index is -0.453. The second-order valence-electron chi connectivity index (χ2n) is 7.07. The Morgan fingerprint density at radius 2 is 1.84 bits per heavy atom. The third-order valence-electron chi connectivity index (χ3n) is 4.79. The molecule has 0 bridgehead atoms. The Bertz CT molecular complexity index is 1330. The molecule has 0 fully saturated rings. The van der Waals surface area contributed by atoms with Crippen LogP contribution in [0.2, 0.25) is 5.15 Å². The van der Waals surface area contributed by atoms with Gasteiger partial charge >= 0.3 is 0 Å². The minimum Gasteiger partial charge on any atom is -0.343 e. The van der Waals surface area contributed by atoms with E-state index in [1.165, 1.54) is 6.21 Å². The molecule has 0 saturated carbocycles. The van der Waals surface area contributed by atoms with E-state index in [-0.39, 0.29) is 12.5 Å². The van der Waals surface area contributed by atoms with Gasteiger partial charge in [0.05, 0.1) is 18.3 Å². The predicted octanol–water partition coefficient (Wildman–Crippen LogP) is 4.23. The van der Waals surface area contributed by atoms with E-state index in [0.717, 1.165) is 27.2 Å². The molecule has 0 aliphatic heterocycles. The van der Waals surface area contributed by atoms with Crippen molar-refractivity contribution in [3.63, 3.8) is 0 Å². The van der Waals surface area contributed by atoms with Crippen LogP contribution in [0.15, 0.2) is 71.8 Å². The van der Waals surface area contributed by atoms with Gasteiger partial charge in [0.2, 0.25) is 0 Å². The molecule has 0 radical (unpaired) electrons. The van der Waals surface area contributed by atoms with Crippen molar-refractivity contribution in [1.82, 2.24) is 15.7 Å². The molecule has 0 atom stereocenters. The number of halogens is 1. The number of aromatic nitrogens is 1. The minimum absolute atomic E-state index is 0.206. The Balaban J connectivity index is 1.37. The SMILES string of the molecule is Cc1ccc2cc(C=NNC(=O)CNC(=O)c3cccc4ccccc34)c(Cl)nc2c1. The van der Waals surface area contributed by atoms with Crippen LogP contribution in [0.3, 0.4) is 0 Å². The Hall–Kier alpha value is -3.77. The number of benzene rings is 3. The van der Waals surface area contributed by atoms with Gasteiger partial charge in [-0.2, -0.15) is 5.10 Å². The zero-order valence-corrected chi connectivity index (χ0v) is 17.5. The van der Waals surface area contributed by atoms with E-state index >= 15 is 0 Å². The summed E-state index contributed by atoms with van der Waals surface area (Å²) in [5, 5.41) is 9.54. The van der Waals surface area contributed by atoms with Crippen LogP contribution in [-0.2, 0) is 4.79 Å². The van der Waals surface area contributed by atoms with E-state index in [2.05, 4.69) is 20.8 Å². The van der Waals surface area contributed by atoms with Gasteiger partial charge < -0.3 is 5.32 Å². The number of aryl methyl sites for hydroxylation is 1. The molecule has 0 saturated heterocycles. The quantitative estimate of drug-likeness (QED) is 0.282. The van der Waals surface area contributed by atoms with E-state index in [1.54, 1.807) is 6.07 Å². The highest BCUT2D eigenvalue weighted by Crippen LogP contribution is 2.20. The number of pyridine rings is 1. The summed E-state index contributed by atoms with van der Waals surface area (Å²) >= 11 is 6.22. The molecule has 154 valence electrons. The molecule has 1 aromatic heterocycles. The lowest BCUT2D eigenvalue weighted by Gasteiger charge is -2.07. The van der Waals surface area contributed by atoms with Crippen LogP contribution in [0, 0.1) is 6.92 Å². The lowest BCUT2D eigenvalue weighted by Crippen LogP contribution is -2.35. The first-order chi connectivity index (χ1) is 15.0. The monoisotopic (exact) mass is 430 g/mol. The standard InChI is InChI=1S/C24H19ClN4O2/c1-15-9-10-17-12-18(23(25)28-21(17)11-15)13-27-29-22(30)14-26-24(31)20-8-4-6-16-5-2-3-7-19(16)20/h2-13H,14H2,1H3,(H,26,31)(H,29,30). The first-order valence-electron chi connectivity index (χ1n) is 9.66. The summed E-state index contributed by atoms with van der Waals surface area (Å²) in [6, 6.07) is 20.8. The summed E-state index contributed by atoms with van der Waals surface area (Å²) in [6.45, 7) is 1.78. The fraction of sp³-hybridized carbons (Fsp3) is 0.0833. The largest absolute Gasteiger partial charge is 0.343 e. The number of hydrogen-bond donors (Lipinski definition) is 2. The molecule has 31 heavy (non-hydrogen) atoms. The fourth-order valence-corrected chi connectivity index (χ4v) is 3.45. The van der Waals surface area contributed by atoms with Gasteiger partial charge in [-0.25, -0.2) is 10.4 Å². The van der Waals surface area contributed by atoms with E-state index in [0.29, 0.717) is 16.3 Å². The average molecular weight is 431 g/mol. The van der Waals surface area contributed by atoms with Crippen molar-refractivity contribution >= 4 is 51.3 Å². The summed E-state index contributed by atoms with van der Waals surface area (Å²) in [4.78, 5) is 28.9. The third kappa shape index (κ3) is 4.70. The maximum atomic E-state index is 12.5. The van der Waals surface area contributed by atoms with E-state index in [4.69, 9.17) is 11.6 Å². The number of hydrogen-bond acceptors (Lipinski definition) is 4. The first kappa shape index (κ1) is 20.5. The van der Waals surface area contributed by atoms with Crippen molar-refractivity contribution in [2.75, 3.05) is 6.54 Å². The van der Waals surface area contributed by atoms with Crippen LogP contribution in [0.25, 0.3) is 21.7 Å². The van der Waals surface area contributed by atoms with Crippen molar-refractivity contribution < 1.29 is 9.59 Å². The van der Waals surface area contributed by atoms with Crippen molar-refractivity contribution in [2.45, 2.75) is 6.92 Å². The van der Waals surface area contributed by atoms with Gasteiger partial charge in [-0.1, -0.05) is 60.1 Å². The van der Waals surface area contributed by atoms with Gasteiger partial charge in [0, 0.05) is 16.5 Å². The molecule has 1 heterocycles. The number of rotatable bonds is 5. The van der Waals surface area contributed by atoms with Gasteiger partial charge in [0.15, 0.2) is 0 Å². The topological polar surface area (TPSA) is 83.5 Å². The molecule has 0 aliphatic rings. The number of nitrogens with one attached hydrogen (secondary N) is 2. The fourth-order valence-electron chi connectivity index (χ4n) is 3.25. The zero-order valence-electron chi connectivity index (χ0n) is 16.7. The summed E-state index contributed by atoms with van der Waals surface area (Å²) in [7, 11) is 0. The highest BCUT2D eigenvalue weighted by atomic mass is 35.5. The Morgan fingerprint density at radius 1 is 1.03 bits per heavy atom. The highest BCUT2D eigenvalue weighted by Gasteiger charge is 2.11. The molecule has 7 heteroatoms. The van der Waals surface area contributed by atoms with Gasteiger partial charge in [-0.15, -0.1) is 0 Å². The Labute approximate surface area is 183 Å². The van der Waals surface area contributed by atoms with Crippen LogP contribution >= 0.6 is 11.6 Å². The zero-order chi connectivity index (χ0) is 21.8.